The number of nitrogens with one attached hydrogen (secondary N) is 1. The van der Waals surface area contributed by atoms with Gasteiger partial charge in [-0.2, -0.15) is 0 Å². The average molecular weight is 398 g/mol. The molecule has 3 rings (SSSR count). The number of carbonyl (C=O) groups excluding carboxylic acids is 2. The monoisotopic (exact) mass is 398 g/mol. The maximum atomic E-state index is 12.2. The van der Waals surface area contributed by atoms with Crippen LogP contribution in [-0.4, -0.2) is 55.3 Å². The number of hydrogen-bond acceptors (Lipinski definition) is 6. The number of esters is 1. The number of para-hydroxylation sites is 1. The molecule has 1 N–H and O–H groups in total. The number of nitrogens with zero attached hydrogens (tertiary/aromatic N) is 1. The van der Waals surface area contributed by atoms with E-state index in [9.17, 15) is 9.59 Å². The van der Waals surface area contributed by atoms with Crippen molar-refractivity contribution in [3.05, 3.63) is 54.6 Å². The lowest BCUT2D eigenvalue weighted by atomic mass is 10.2. The molecule has 2 aromatic carbocycles. The lowest BCUT2D eigenvalue weighted by Gasteiger charge is -2.35. The van der Waals surface area contributed by atoms with Crippen molar-refractivity contribution in [2.24, 2.45) is 0 Å². The molecule has 29 heavy (non-hydrogen) atoms. The van der Waals surface area contributed by atoms with Crippen molar-refractivity contribution >= 4 is 23.3 Å². The molecule has 2 atom stereocenters. The molecule has 0 saturated carbocycles. The average Bonchev–Trinajstić information content (AvgIpc) is 2.71. The minimum atomic E-state index is -0.584. The Labute approximate surface area is 170 Å². The quantitative estimate of drug-likeness (QED) is 0.723. The molecule has 1 aliphatic rings. The zero-order valence-corrected chi connectivity index (χ0v) is 16.7. The second kappa shape index (κ2) is 9.93. The Morgan fingerprint density at radius 3 is 2.24 bits per heavy atom. The fourth-order valence-corrected chi connectivity index (χ4v) is 3.12. The van der Waals surface area contributed by atoms with E-state index in [1.807, 2.05) is 56.3 Å². The lowest BCUT2D eigenvalue weighted by molar-refractivity contribution is -0.158. The van der Waals surface area contributed by atoms with Crippen molar-refractivity contribution in [2.45, 2.75) is 26.1 Å². The van der Waals surface area contributed by atoms with Gasteiger partial charge in [-0.1, -0.05) is 18.2 Å². The largest absolute Gasteiger partial charge is 0.482 e. The minimum absolute atomic E-state index is 0.0268. The molecule has 1 amide bonds. The number of carbonyl (C=O) groups is 2. The Kier molecular flexibility index (Phi) is 7.08. The molecule has 1 aliphatic heterocycles. The first-order chi connectivity index (χ1) is 14.0. The molecule has 0 unspecified atom stereocenters. The van der Waals surface area contributed by atoms with Gasteiger partial charge in [-0.25, -0.2) is 4.79 Å². The summed E-state index contributed by atoms with van der Waals surface area (Å²) in [7, 11) is 0. The van der Waals surface area contributed by atoms with Crippen LogP contribution in [0.25, 0.3) is 0 Å². The third-order valence-electron chi connectivity index (χ3n) is 4.40. The summed E-state index contributed by atoms with van der Waals surface area (Å²) in [4.78, 5) is 25.7. The van der Waals surface area contributed by atoms with E-state index in [0.717, 1.165) is 11.4 Å². The van der Waals surface area contributed by atoms with Crippen molar-refractivity contribution in [3.63, 3.8) is 0 Å². The molecular weight excluding hydrogens is 372 g/mol. The van der Waals surface area contributed by atoms with Crippen molar-refractivity contribution in [2.75, 3.05) is 31.6 Å². The number of amides is 1. The van der Waals surface area contributed by atoms with E-state index in [2.05, 4.69) is 5.32 Å². The van der Waals surface area contributed by atoms with Crippen LogP contribution in [0.5, 0.6) is 5.75 Å². The van der Waals surface area contributed by atoms with Gasteiger partial charge in [-0.05, 0) is 50.2 Å². The van der Waals surface area contributed by atoms with Gasteiger partial charge in [0.2, 0.25) is 0 Å². The first-order valence-electron chi connectivity index (χ1n) is 9.63. The van der Waals surface area contributed by atoms with Crippen molar-refractivity contribution < 1.29 is 23.8 Å². The van der Waals surface area contributed by atoms with E-state index >= 15 is 0 Å². The third-order valence-corrected chi connectivity index (χ3v) is 4.40. The molecule has 0 bridgehead atoms. The Morgan fingerprint density at radius 1 is 0.966 bits per heavy atom. The van der Waals surface area contributed by atoms with Gasteiger partial charge in [0.1, 0.15) is 5.75 Å². The highest BCUT2D eigenvalue weighted by Gasteiger charge is 2.26. The Hall–Kier alpha value is -3.06. The van der Waals surface area contributed by atoms with Gasteiger partial charge in [0.05, 0.1) is 12.2 Å². The second-order valence-electron chi connectivity index (χ2n) is 7.02. The van der Waals surface area contributed by atoms with Crippen LogP contribution in [0, 0.1) is 0 Å². The Morgan fingerprint density at radius 2 is 1.59 bits per heavy atom. The van der Waals surface area contributed by atoms with Crippen molar-refractivity contribution in [1.82, 2.24) is 4.90 Å². The highest BCUT2D eigenvalue weighted by Crippen LogP contribution is 2.19. The molecular formula is C22H26N2O5. The summed E-state index contributed by atoms with van der Waals surface area (Å²) in [6, 6.07) is 17.1. The van der Waals surface area contributed by atoms with Crippen LogP contribution in [-0.2, 0) is 19.1 Å². The lowest BCUT2D eigenvalue weighted by Crippen LogP contribution is -2.49. The number of hydrogen-bond donors (Lipinski definition) is 1. The maximum absolute atomic E-state index is 12.2. The number of benzene rings is 2. The van der Waals surface area contributed by atoms with E-state index in [0.29, 0.717) is 18.8 Å². The Bertz CT molecular complexity index is 800. The second-order valence-corrected chi connectivity index (χ2v) is 7.02. The highest BCUT2D eigenvalue weighted by atomic mass is 16.6. The summed E-state index contributed by atoms with van der Waals surface area (Å²) < 4.78 is 16.1. The molecule has 0 aliphatic carbocycles. The van der Waals surface area contributed by atoms with E-state index in [1.54, 1.807) is 17.0 Å². The van der Waals surface area contributed by atoms with Crippen LogP contribution in [0.2, 0.25) is 0 Å². The molecule has 2 aromatic rings. The van der Waals surface area contributed by atoms with E-state index < -0.39 is 5.97 Å². The summed E-state index contributed by atoms with van der Waals surface area (Å²) in [5, 5.41) is 3.27. The van der Waals surface area contributed by atoms with Gasteiger partial charge < -0.3 is 24.4 Å². The summed E-state index contributed by atoms with van der Waals surface area (Å²) in [6.07, 6.45) is -0.0535. The van der Waals surface area contributed by atoms with E-state index in [4.69, 9.17) is 14.2 Å². The number of rotatable bonds is 7. The van der Waals surface area contributed by atoms with Gasteiger partial charge >= 0.3 is 5.97 Å². The van der Waals surface area contributed by atoms with Crippen LogP contribution in [0.1, 0.15) is 13.8 Å². The van der Waals surface area contributed by atoms with Crippen LogP contribution in [0.15, 0.2) is 54.6 Å². The minimum Gasteiger partial charge on any atom is -0.482 e. The number of anilines is 2. The predicted molar refractivity (Wildman–Crippen MR) is 109 cm³/mol. The maximum Gasteiger partial charge on any atom is 0.344 e. The zero-order chi connectivity index (χ0) is 20.6. The zero-order valence-electron chi connectivity index (χ0n) is 16.7. The highest BCUT2D eigenvalue weighted by molar-refractivity contribution is 5.81. The standard InChI is InChI=1S/C22H26N2O5/c1-16-12-24(13-17(2)29-16)21(25)14-28-22(26)15-27-20-10-8-19(9-11-20)23-18-6-4-3-5-7-18/h3-11,16-17,23H,12-15H2,1-2H3/t16-,17+. The van der Waals surface area contributed by atoms with Crippen LogP contribution in [0.3, 0.4) is 0 Å². The molecule has 7 heteroatoms. The first kappa shape index (κ1) is 20.7. The van der Waals surface area contributed by atoms with E-state index in [1.165, 1.54) is 0 Å². The first-order valence-corrected chi connectivity index (χ1v) is 9.63. The number of ether oxygens (including phenoxy) is 3. The molecule has 0 aromatic heterocycles. The molecule has 1 saturated heterocycles. The Balaban J connectivity index is 1.39. The molecule has 7 nitrogen and oxygen atoms in total. The van der Waals surface area contributed by atoms with E-state index in [-0.39, 0.29) is 31.3 Å². The predicted octanol–water partition coefficient (Wildman–Crippen LogP) is 2.99. The molecule has 154 valence electrons. The molecule has 0 spiro atoms. The smallest absolute Gasteiger partial charge is 0.344 e. The van der Waals surface area contributed by atoms with Gasteiger partial charge in [0, 0.05) is 24.5 Å². The summed E-state index contributed by atoms with van der Waals surface area (Å²) in [5.41, 5.74) is 1.89. The summed E-state index contributed by atoms with van der Waals surface area (Å²) >= 11 is 0. The van der Waals surface area contributed by atoms with Gasteiger partial charge in [-0.3, -0.25) is 4.79 Å². The summed E-state index contributed by atoms with van der Waals surface area (Å²) in [5.74, 6) is -0.265. The molecule has 0 radical (unpaired) electrons. The third kappa shape index (κ3) is 6.50. The SMILES string of the molecule is C[C@@H]1CN(C(=O)COC(=O)COc2ccc(Nc3ccccc3)cc2)C[C@H](C)O1. The van der Waals surface area contributed by atoms with Gasteiger partial charge in [0.15, 0.2) is 13.2 Å². The van der Waals surface area contributed by atoms with Gasteiger partial charge in [0.25, 0.3) is 5.91 Å². The topological polar surface area (TPSA) is 77.1 Å². The van der Waals surface area contributed by atoms with Crippen LogP contribution < -0.4 is 10.1 Å². The van der Waals surface area contributed by atoms with Crippen LogP contribution in [0.4, 0.5) is 11.4 Å². The normalized spacial score (nSPS) is 18.8. The van der Waals surface area contributed by atoms with Crippen LogP contribution >= 0.6 is 0 Å². The number of morpholine rings is 1. The van der Waals surface area contributed by atoms with Gasteiger partial charge in [-0.15, -0.1) is 0 Å². The fourth-order valence-electron chi connectivity index (χ4n) is 3.12. The fraction of sp³-hybridized carbons (Fsp3) is 0.364. The molecule has 1 fully saturated rings. The van der Waals surface area contributed by atoms with Crippen molar-refractivity contribution in [3.8, 4) is 5.75 Å². The summed E-state index contributed by atoms with van der Waals surface area (Å²) in [6.45, 7) is 4.28. The molecule has 1 heterocycles. The van der Waals surface area contributed by atoms with Crippen molar-refractivity contribution in [1.29, 1.82) is 0 Å².